The van der Waals surface area contributed by atoms with E-state index in [0.717, 1.165) is 25.9 Å². The Kier molecular flexibility index (Phi) is 6.41. The summed E-state index contributed by atoms with van der Waals surface area (Å²) in [7, 11) is 0. The summed E-state index contributed by atoms with van der Waals surface area (Å²) >= 11 is 0. The second kappa shape index (κ2) is 7.69. The molecule has 0 spiro atoms. The summed E-state index contributed by atoms with van der Waals surface area (Å²) in [6.07, 6.45) is 8.89. The molecule has 1 aliphatic heterocycles. The highest BCUT2D eigenvalue weighted by molar-refractivity contribution is 5.76. The maximum atomic E-state index is 11.8. The van der Waals surface area contributed by atoms with Crippen LogP contribution >= 0.6 is 0 Å². The number of amides is 1. The third kappa shape index (κ3) is 5.17. The molecular formula is C12H24N2O. The molecule has 88 valence electrons. The van der Waals surface area contributed by atoms with E-state index in [4.69, 9.17) is 5.73 Å². The van der Waals surface area contributed by atoms with Crippen molar-refractivity contribution in [2.45, 2.75) is 51.4 Å². The molecule has 0 atom stereocenters. The van der Waals surface area contributed by atoms with Crippen molar-refractivity contribution in [3.8, 4) is 0 Å². The van der Waals surface area contributed by atoms with Crippen molar-refractivity contribution in [1.82, 2.24) is 4.90 Å². The molecular weight excluding hydrogens is 188 g/mol. The molecule has 0 aromatic rings. The smallest absolute Gasteiger partial charge is 0.222 e. The lowest BCUT2D eigenvalue weighted by molar-refractivity contribution is -0.131. The molecule has 1 amide bonds. The maximum absolute atomic E-state index is 11.8. The van der Waals surface area contributed by atoms with Gasteiger partial charge < -0.3 is 10.6 Å². The first-order valence-electron chi connectivity index (χ1n) is 6.32. The van der Waals surface area contributed by atoms with E-state index in [1.165, 1.54) is 32.1 Å². The molecule has 1 aliphatic rings. The summed E-state index contributed by atoms with van der Waals surface area (Å²) < 4.78 is 0. The molecule has 1 rings (SSSR count). The SMILES string of the molecule is NCCCCC(=O)N1CCCCCCC1. The number of nitrogens with two attached hydrogens (primary N) is 1. The molecule has 2 N–H and O–H groups in total. The van der Waals surface area contributed by atoms with E-state index in [-0.39, 0.29) is 0 Å². The van der Waals surface area contributed by atoms with E-state index in [1.807, 2.05) is 0 Å². The van der Waals surface area contributed by atoms with Gasteiger partial charge in [-0.3, -0.25) is 4.79 Å². The van der Waals surface area contributed by atoms with E-state index in [1.54, 1.807) is 0 Å². The zero-order valence-corrected chi connectivity index (χ0v) is 9.71. The summed E-state index contributed by atoms with van der Waals surface area (Å²) in [6.45, 7) is 2.65. The predicted octanol–water partition coefficient (Wildman–Crippen LogP) is 1.91. The molecule has 0 radical (unpaired) electrons. The van der Waals surface area contributed by atoms with E-state index in [0.29, 0.717) is 18.9 Å². The van der Waals surface area contributed by atoms with E-state index >= 15 is 0 Å². The average Bonchev–Trinajstić information content (AvgIpc) is 2.17. The van der Waals surface area contributed by atoms with Crippen LogP contribution in [0.2, 0.25) is 0 Å². The lowest BCUT2D eigenvalue weighted by Gasteiger charge is -2.24. The first-order valence-corrected chi connectivity index (χ1v) is 6.32. The summed E-state index contributed by atoms with van der Waals surface area (Å²) in [5.41, 5.74) is 5.41. The van der Waals surface area contributed by atoms with Crippen LogP contribution in [-0.2, 0) is 4.79 Å². The number of carbonyl (C=O) groups is 1. The van der Waals surface area contributed by atoms with Crippen LogP contribution in [0.25, 0.3) is 0 Å². The van der Waals surface area contributed by atoms with Crippen molar-refractivity contribution in [2.24, 2.45) is 5.73 Å². The van der Waals surface area contributed by atoms with E-state index < -0.39 is 0 Å². The van der Waals surface area contributed by atoms with Gasteiger partial charge in [-0.25, -0.2) is 0 Å². The summed E-state index contributed by atoms with van der Waals surface area (Å²) in [5.74, 6) is 0.338. The Balaban J connectivity index is 2.22. The minimum absolute atomic E-state index is 0.338. The van der Waals surface area contributed by atoms with E-state index in [2.05, 4.69) is 4.90 Å². The van der Waals surface area contributed by atoms with Crippen LogP contribution in [0.3, 0.4) is 0 Å². The second-order valence-corrected chi connectivity index (χ2v) is 4.39. The highest BCUT2D eigenvalue weighted by atomic mass is 16.2. The molecule has 1 heterocycles. The van der Waals surface area contributed by atoms with Gasteiger partial charge in [0.25, 0.3) is 0 Å². The van der Waals surface area contributed by atoms with Crippen LogP contribution in [0, 0.1) is 0 Å². The molecule has 0 aromatic carbocycles. The third-order valence-electron chi connectivity index (χ3n) is 3.05. The van der Waals surface area contributed by atoms with Crippen LogP contribution < -0.4 is 5.73 Å². The van der Waals surface area contributed by atoms with Gasteiger partial charge in [-0.15, -0.1) is 0 Å². The molecule has 0 bridgehead atoms. The fourth-order valence-electron chi connectivity index (χ4n) is 2.08. The van der Waals surface area contributed by atoms with Crippen LogP contribution in [0.5, 0.6) is 0 Å². The monoisotopic (exact) mass is 212 g/mol. The highest BCUT2D eigenvalue weighted by Crippen LogP contribution is 2.12. The molecule has 3 heteroatoms. The van der Waals surface area contributed by atoms with Crippen molar-refractivity contribution >= 4 is 5.91 Å². The summed E-state index contributed by atoms with van der Waals surface area (Å²) in [6, 6.07) is 0. The Bertz CT molecular complexity index is 174. The van der Waals surface area contributed by atoms with Gasteiger partial charge in [-0.1, -0.05) is 19.3 Å². The quantitative estimate of drug-likeness (QED) is 0.724. The number of hydrogen-bond acceptors (Lipinski definition) is 2. The molecule has 0 aromatic heterocycles. The van der Waals surface area contributed by atoms with Gasteiger partial charge in [0.15, 0.2) is 0 Å². The number of hydrogen-bond donors (Lipinski definition) is 1. The van der Waals surface area contributed by atoms with Gasteiger partial charge in [0.2, 0.25) is 5.91 Å². The summed E-state index contributed by atoms with van der Waals surface area (Å²) in [4.78, 5) is 13.9. The third-order valence-corrected chi connectivity index (χ3v) is 3.05. The fourth-order valence-corrected chi connectivity index (χ4v) is 2.08. The Hall–Kier alpha value is -0.570. The number of nitrogens with zero attached hydrogens (tertiary/aromatic N) is 1. The normalized spacial score (nSPS) is 18.3. The zero-order chi connectivity index (χ0) is 10.9. The fraction of sp³-hybridized carbons (Fsp3) is 0.917. The standard InChI is InChI=1S/C12H24N2O/c13-9-5-4-8-12(15)14-10-6-2-1-3-7-11-14/h1-11,13H2. The molecule has 15 heavy (non-hydrogen) atoms. The summed E-state index contributed by atoms with van der Waals surface area (Å²) in [5, 5.41) is 0. The molecule has 0 unspecified atom stereocenters. The Morgan fingerprint density at radius 3 is 2.20 bits per heavy atom. The number of unbranched alkanes of at least 4 members (excludes halogenated alkanes) is 1. The average molecular weight is 212 g/mol. The number of carbonyl (C=O) groups excluding carboxylic acids is 1. The highest BCUT2D eigenvalue weighted by Gasteiger charge is 2.13. The van der Waals surface area contributed by atoms with Gasteiger partial charge in [0, 0.05) is 19.5 Å². The van der Waals surface area contributed by atoms with Crippen LogP contribution in [0.4, 0.5) is 0 Å². The molecule has 0 aliphatic carbocycles. The first-order chi connectivity index (χ1) is 7.34. The van der Waals surface area contributed by atoms with Gasteiger partial charge >= 0.3 is 0 Å². The van der Waals surface area contributed by atoms with Crippen LogP contribution in [0.15, 0.2) is 0 Å². The van der Waals surface area contributed by atoms with Crippen molar-refractivity contribution in [2.75, 3.05) is 19.6 Å². The van der Waals surface area contributed by atoms with Crippen molar-refractivity contribution in [3.05, 3.63) is 0 Å². The molecule has 3 nitrogen and oxygen atoms in total. The predicted molar refractivity (Wildman–Crippen MR) is 62.6 cm³/mol. The van der Waals surface area contributed by atoms with Gasteiger partial charge in [0.05, 0.1) is 0 Å². The van der Waals surface area contributed by atoms with Crippen LogP contribution in [-0.4, -0.2) is 30.4 Å². The van der Waals surface area contributed by atoms with Gasteiger partial charge in [-0.2, -0.15) is 0 Å². The topological polar surface area (TPSA) is 46.3 Å². The Morgan fingerprint density at radius 1 is 1.00 bits per heavy atom. The van der Waals surface area contributed by atoms with Gasteiger partial charge in [-0.05, 0) is 32.2 Å². The van der Waals surface area contributed by atoms with E-state index in [9.17, 15) is 4.79 Å². The largest absolute Gasteiger partial charge is 0.343 e. The Labute approximate surface area is 93.0 Å². The zero-order valence-electron chi connectivity index (χ0n) is 9.71. The number of likely N-dealkylation sites (tertiary alicyclic amines) is 1. The first kappa shape index (κ1) is 12.5. The van der Waals surface area contributed by atoms with Crippen molar-refractivity contribution < 1.29 is 4.79 Å². The lowest BCUT2D eigenvalue weighted by Crippen LogP contribution is -2.33. The van der Waals surface area contributed by atoms with Crippen LogP contribution in [0.1, 0.15) is 51.4 Å². The lowest BCUT2D eigenvalue weighted by atomic mass is 10.1. The maximum Gasteiger partial charge on any atom is 0.222 e. The number of rotatable bonds is 4. The van der Waals surface area contributed by atoms with Gasteiger partial charge in [0.1, 0.15) is 0 Å². The minimum atomic E-state index is 0.338. The molecule has 1 saturated heterocycles. The van der Waals surface area contributed by atoms with Crippen molar-refractivity contribution in [3.63, 3.8) is 0 Å². The molecule has 0 saturated carbocycles. The minimum Gasteiger partial charge on any atom is -0.343 e. The Morgan fingerprint density at radius 2 is 1.60 bits per heavy atom. The second-order valence-electron chi connectivity index (χ2n) is 4.39. The van der Waals surface area contributed by atoms with Crippen molar-refractivity contribution in [1.29, 1.82) is 0 Å². The molecule has 1 fully saturated rings.